The lowest BCUT2D eigenvalue weighted by atomic mass is 10.0. The summed E-state index contributed by atoms with van der Waals surface area (Å²) in [6.45, 7) is -0.108. The minimum absolute atomic E-state index is 0.108. The van der Waals surface area contributed by atoms with Crippen molar-refractivity contribution in [3.05, 3.63) is 47.8 Å². The average Bonchev–Trinajstić information content (AvgIpc) is 2.48. The SMILES string of the molecule is N#CCc1cccc(-c2cc3c(cc2F)OCC(=O)N3)c1. The maximum atomic E-state index is 14.2. The van der Waals surface area contributed by atoms with E-state index in [-0.39, 0.29) is 18.9 Å². The maximum absolute atomic E-state index is 14.2. The van der Waals surface area contributed by atoms with E-state index in [1.165, 1.54) is 6.07 Å². The number of amides is 1. The van der Waals surface area contributed by atoms with Gasteiger partial charge in [-0.25, -0.2) is 4.39 Å². The molecule has 1 aliphatic heterocycles. The van der Waals surface area contributed by atoms with Crippen molar-refractivity contribution in [2.45, 2.75) is 6.42 Å². The quantitative estimate of drug-likeness (QED) is 0.921. The van der Waals surface area contributed by atoms with Gasteiger partial charge in [-0.1, -0.05) is 24.3 Å². The highest BCUT2D eigenvalue weighted by atomic mass is 19.1. The van der Waals surface area contributed by atoms with Gasteiger partial charge in [0.2, 0.25) is 0 Å². The first-order valence-electron chi connectivity index (χ1n) is 6.40. The summed E-state index contributed by atoms with van der Waals surface area (Å²) in [4.78, 5) is 11.3. The molecule has 0 bridgehead atoms. The van der Waals surface area contributed by atoms with Crippen molar-refractivity contribution >= 4 is 11.6 Å². The number of fused-ring (bicyclic) bond motifs is 1. The van der Waals surface area contributed by atoms with E-state index < -0.39 is 5.82 Å². The second-order valence-electron chi connectivity index (χ2n) is 4.70. The number of nitrogens with one attached hydrogen (secondary N) is 1. The van der Waals surface area contributed by atoms with Gasteiger partial charge in [0, 0.05) is 11.6 Å². The van der Waals surface area contributed by atoms with Crippen LogP contribution in [-0.4, -0.2) is 12.5 Å². The standard InChI is InChI=1S/C16H11FN2O2/c17-13-8-15-14(19-16(20)9-21-15)7-12(13)11-3-1-2-10(6-11)4-5-18/h1-3,6-8H,4,9H2,(H,19,20). The van der Waals surface area contributed by atoms with E-state index in [0.29, 0.717) is 22.6 Å². The number of carbonyl (C=O) groups excluding carboxylic acids is 1. The Labute approximate surface area is 120 Å². The van der Waals surface area contributed by atoms with Crippen LogP contribution in [0.5, 0.6) is 5.75 Å². The molecule has 0 saturated heterocycles. The predicted molar refractivity (Wildman–Crippen MR) is 75.3 cm³/mol. The first-order chi connectivity index (χ1) is 10.2. The summed E-state index contributed by atoms with van der Waals surface area (Å²) in [6.07, 6.45) is 0.264. The Balaban J connectivity index is 2.06. The summed E-state index contributed by atoms with van der Waals surface area (Å²) in [5.41, 5.74) is 2.28. The molecule has 1 N–H and O–H groups in total. The second-order valence-corrected chi connectivity index (χ2v) is 4.70. The fourth-order valence-corrected chi connectivity index (χ4v) is 2.26. The van der Waals surface area contributed by atoms with Crippen molar-refractivity contribution in [1.82, 2.24) is 0 Å². The van der Waals surface area contributed by atoms with Crippen LogP contribution in [0.2, 0.25) is 0 Å². The largest absolute Gasteiger partial charge is 0.481 e. The van der Waals surface area contributed by atoms with Gasteiger partial charge < -0.3 is 10.1 Å². The van der Waals surface area contributed by atoms with Gasteiger partial charge >= 0.3 is 0 Å². The Morgan fingerprint density at radius 3 is 3.00 bits per heavy atom. The molecule has 3 rings (SSSR count). The molecule has 0 aliphatic carbocycles. The van der Waals surface area contributed by atoms with E-state index in [4.69, 9.17) is 10.00 Å². The molecular weight excluding hydrogens is 271 g/mol. The number of hydrogen-bond acceptors (Lipinski definition) is 3. The van der Waals surface area contributed by atoms with Crippen molar-refractivity contribution in [3.63, 3.8) is 0 Å². The van der Waals surface area contributed by atoms with Crippen LogP contribution in [0.3, 0.4) is 0 Å². The third kappa shape index (κ3) is 2.56. The van der Waals surface area contributed by atoms with Crippen LogP contribution in [0.25, 0.3) is 11.1 Å². The van der Waals surface area contributed by atoms with Crippen LogP contribution < -0.4 is 10.1 Å². The van der Waals surface area contributed by atoms with E-state index in [9.17, 15) is 9.18 Å². The number of ether oxygens (including phenoxy) is 1. The van der Waals surface area contributed by atoms with Gasteiger partial charge in [0.1, 0.15) is 11.6 Å². The fourth-order valence-electron chi connectivity index (χ4n) is 2.26. The number of benzene rings is 2. The highest BCUT2D eigenvalue weighted by Crippen LogP contribution is 2.35. The van der Waals surface area contributed by atoms with Crippen molar-refractivity contribution in [2.24, 2.45) is 0 Å². The molecule has 0 fully saturated rings. The number of nitriles is 1. The molecule has 0 aromatic heterocycles. The first-order valence-corrected chi connectivity index (χ1v) is 6.40. The molecule has 1 amide bonds. The second kappa shape index (κ2) is 5.25. The van der Waals surface area contributed by atoms with E-state index >= 15 is 0 Å². The molecule has 0 atom stereocenters. The molecule has 1 heterocycles. The van der Waals surface area contributed by atoms with Gasteiger partial charge in [-0.2, -0.15) is 5.26 Å². The molecule has 4 nitrogen and oxygen atoms in total. The summed E-state index contributed by atoms with van der Waals surface area (Å²) in [5.74, 6) is -0.374. The fraction of sp³-hybridized carbons (Fsp3) is 0.125. The molecule has 0 spiro atoms. The van der Waals surface area contributed by atoms with E-state index in [2.05, 4.69) is 11.4 Å². The van der Waals surface area contributed by atoms with Crippen LogP contribution in [0.15, 0.2) is 36.4 Å². The Bertz CT molecular complexity index is 765. The number of nitrogens with zero attached hydrogens (tertiary/aromatic N) is 1. The van der Waals surface area contributed by atoms with Crippen molar-refractivity contribution in [3.8, 4) is 22.9 Å². The molecule has 5 heteroatoms. The molecular formula is C16H11FN2O2. The van der Waals surface area contributed by atoms with Crippen LogP contribution in [0.4, 0.5) is 10.1 Å². The summed E-state index contributed by atoms with van der Waals surface area (Å²) in [7, 11) is 0. The highest BCUT2D eigenvalue weighted by Gasteiger charge is 2.19. The van der Waals surface area contributed by atoms with E-state index in [0.717, 1.165) is 5.56 Å². The average molecular weight is 282 g/mol. The zero-order valence-electron chi connectivity index (χ0n) is 11.0. The zero-order valence-corrected chi connectivity index (χ0v) is 11.0. The molecule has 104 valence electrons. The zero-order chi connectivity index (χ0) is 14.8. The lowest BCUT2D eigenvalue weighted by molar-refractivity contribution is -0.118. The predicted octanol–water partition coefficient (Wildman–Crippen LogP) is 2.89. The summed E-state index contributed by atoms with van der Waals surface area (Å²) in [5, 5.41) is 11.4. The summed E-state index contributed by atoms with van der Waals surface area (Å²) < 4.78 is 19.4. The minimum atomic E-state index is -0.431. The van der Waals surface area contributed by atoms with Crippen molar-refractivity contribution < 1.29 is 13.9 Å². The van der Waals surface area contributed by atoms with Gasteiger partial charge in [0.25, 0.3) is 5.91 Å². The highest BCUT2D eigenvalue weighted by molar-refractivity contribution is 5.96. The molecule has 0 radical (unpaired) electrons. The molecule has 2 aromatic rings. The molecule has 0 unspecified atom stereocenters. The lowest BCUT2D eigenvalue weighted by Crippen LogP contribution is -2.25. The Hall–Kier alpha value is -2.87. The van der Waals surface area contributed by atoms with Crippen LogP contribution in [0.1, 0.15) is 5.56 Å². The van der Waals surface area contributed by atoms with Crippen molar-refractivity contribution in [1.29, 1.82) is 5.26 Å². The third-order valence-corrected chi connectivity index (χ3v) is 3.22. The Kier molecular flexibility index (Phi) is 3.28. The smallest absolute Gasteiger partial charge is 0.262 e. The monoisotopic (exact) mass is 282 g/mol. The van der Waals surface area contributed by atoms with Crippen LogP contribution in [0, 0.1) is 17.1 Å². The van der Waals surface area contributed by atoms with E-state index in [1.54, 1.807) is 24.3 Å². The number of hydrogen-bond donors (Lipinski definition) is 1. The van der Waals surface area contributed by atoms with Gasteiger partial charge in [0.15, 0.2) is 6.61 Å². The van der Waals surface area contributed by atoms with Gasteiger partial charge in [-0.15, -0.1) is 0 Å². The maximum Gasteiger partial charge on any atom is 0.262 e. The number of carbonyl (C=O) groups is 1. The van der Waals surface area contributed by atoms with Gasteiger partial charge in [0.05, 0.1) is 18.2 Å². The summed E-state index contributed by atoms with van der Waals surface area (Å²) in [6, 6.07) is 12.0. The normalized spacial score (nSPS) is 12.9. The minimum Gasteiger partial charge on any atom is -0.481 e. The Morgan fingerprint density at radius 2 is 2.19 bits per heavy atom. The number of anilines is 1. The van der Waals surface area contributed by atoms with E-state index in [1.807, 2.05) is 6.07 Å². The van der Waals surface area contributed by atoms with Crippen LogP contribution in [-0.2, 0) is 11.2 Å². The third-order valence-electron chi connectivity index (χ3n) is 3.22. The van der Waals surface area contributed by atoms with Crippen LogP contribution >= 0.6 is 0 Å². The van der Waals surface area contributed by atoms with Crippen molar-refractivity contribution in [2.75, 3.05) is 11.9 Å². The first kappa shape index (κ1) is 13.1. The topological polar surface area (TPSA) is 62.1 Å². The van der Waals surface area contributed by atoms with Gasteiger partial charge in [-0.3, -0.25) is 4.79 Å². The molecule has 1 aliphatic rings. The number of halogens is 1. The Morgan fingerprint density at radius 1 is 1.33 bits per heavy atom. The molecule has 0 saturated carbocycles. The molecule has 2 aromatic carbocycles. The van der Waals surface area contributed by atoms with Gasteiger partial charge in [-0.05, 0) is 17.2 Å². The number of rotatable bonds is 2. The lowest BCUT2D eigenvalue weighted by Gasteiger charge is -2.19. The molecule has 21 heavy (non-hydrogen) atoms. The summed E-state index contributed by atoms with van der Waals surface area (Å²) >= 11 is 0.